The summed E-state index contributed by atoms with van der Waals surface area (Å²) in [6.45, 7) is 4.97. The Morgan fingerprint density at radius 3 is 0.986 bits per heavy atom. The van der Waals surface area contributed by atoms with E-state index in [0.717, 1.165) is 44.9 Å². The number of esters is 1. The Morgan fingerprint density at radius 1 is 0.375 bits per heavy atom. The molecule has 0 bridgehead atoms. The molecule has 6 nitrogen and oxygen atoms in total. The second-order valence-corrected chi connectivity index (χ2v) is 22.8. The Morgan fingerprint density at radius 2 is 0.653 bits per heavy atom. The number of nitrogens with one attached hydrogen (secondary N) is 1. The summed E-state index contributed by atoms with van der Waals surface area (Å²) in [5.74, 6) is -0.0371. The van der Waals surface area contributed by atoms with E-state index in [4.69, 9.17) is 4.74 Å². The molecule has 428 valence electrons. The van der Waals surface area contributed by atoms with Gasteiger partial charge in [0.2, 0.25) is 5.91 Å². The van der Waals surface area contributed by atoms with E-state index in [0.29, 0.717) is 25.9 Å². The molecule has 0 aromatic heterocycles. The highest BCUT2D eigenvalue weighted by molar-refractivity contribution is 5.76. The summed E-state index contributed by atoms with van der Waals surface area (Å²) in [6, 6.07) is -0.546. The van der Waals surface area contributed by atoms with Gasteiger partial charge in [0.15, 0.2) is 0 Å². The van der Waals surface area contributed by atoms with Crippen molar-refractivity contribution >= 4 is 11.9 Å². The van der Waals surface area contributed by atoms with Gasteiger partial charge >= 0.3 is 5.97 Å². The van der Waals surface area contributed by atoms with E-state index in [9.17, 15) is 19.8 Å². The topological polar surface area (TPSA) is 95.9 Å². The molecule has 72 heavy (non-hydrogen) atoms. The smallest absolute Gasteiger partial charge is 0.305 e. The molecule has 0 fully saturated rings. The Labute approximate surface area is 450 Å². The van der Waals surface area contributed by atoms with Crippen LogP contribution in [0.25, 0.3) is 0 Å². The molecule has 0 aliphatic rings. The van der Waals surface area contributed by atoms with Crippen LogP contribution in [0.5, 0.6) is 0 Å². The Balaban J connectivity index is 3.41. The molecule has 0 aliphatic carbocycles. The third kappa shape index (κ3) is 57.9. The second-order valence-electron chi connectivity index (χ2n) is 22.8. The van der Waals surface area contributed by atoms with Crippen LogP contribution in [0.15, 0.2) is 12.2 Å². The minimum Gasteiger partial charge on any atom is -0.466 e. The molecule has 0 aromatic carbocycles. The zero-order chi connectivity index (χ0) is 52.2. The number of hydrogen-bond donors (Lipinski definition) is 3. The molecule has 6 heteroatoms. The van der Waals surface area contributed by atoms with Gasteiger partial charge in [-0.2, -0.15) is 0 Å². The van der Waals surface area contributed by atoms with Gasteiger partial charge in [-0.05, 0) is 51.4 Å². The summed E-state index contributed by atoms with van der Waals surface area (Å²) in [5, 5.41) is 23.4. The van der Waals surface area contributed by atoms with Crippen LogP contribution in [-0.2, 0) is 14.3 Å². The molecular weight excluding hydrogens is 887 g/mol. The molecule has 0 spiro atoms. The van der Waals surface area contributed by atoms with E-state index in [2.05, 4.69) is 31.3 Å². The number of allylic oxidation sites excluding steroid dienone is 2. The van der Waals surface area contributed by atoms with Crippen molar-refractivity contribution in [2.45, 2.75) is 386 Å². The average Bonchev–Trinajstić information content (AvgIpc) is 3.38. The quantitative estimate of drug-likeness (QED) is 0.0320. The summed E-state index contributed by atoms with van der Waals surface area (Å²) in [6.07, 6.45) is 75.1. The predicted octanol–water partition coefficient (Wildman–Crippen LogP) is 20.8. The molecule has 0 saturated heterocycles. The molecule has 1 amide bonds. The van der Waals surface area contributed by atoms with Gasteiger partial charge in [-0.3, -0.25) is 9.59 Å². The van der Waals surface area contributed by atoms with Crippen molar-refractivity contribution in [1.29, 1.82) is 0 Å². The number of hydrogen-bond acceptors (Lipinski definition) is 5. The van der Waals surface area contributed by atoms with E-state index in [-0.39, 0.29) is 18.5 Å². The standard InChI is InChI=1S/C66H129NO5/c1-3-5-7-9-11-13-15-17-19-20-21-22-23-24-25-27-31-34-38-42-46-50-54-58-64(69)63(62-68)67-65(70)59-55-51-47-43-39-35-32-28-26-29-33-37-41-45-49-53-57-61-72-66(71)60-56-52-48-44-40-36-30-18-16-14-12-10-8-6-4-2/h18,30,63-64,68-69H,3-17,19-29,31-62H2,1-2H3,(H,67,70)/b30-18-. The number of unbranched alkanes of at least 4 members (excludes halogenated alkanes) is 49. The molecule has 2 atom stereocenters. The summed E-state index contributed by atoms with van der Waals surface area (Å²) >= 11 is 0. The number of rotatable bonds is 62. The Bertz CT molecular complexity index is 1080. The fraction of sp³-hybridized carbons (Fsp3) is 0.939. The molecule has 0 radical (unpaired) electrons. The lowest BCUT2D eigenvalue weighted by atomic mass is 10.0. The molecule has 0 aliphatic heterocycles. The lowest BCUT2D eigenvalue weighted by Gasteiger charge is -2.22. The van der Waals surface area contributed by atoms with Crippen molar-refractivity contribution in [3.63, 3.8) is 0 Å². The number of aliphatic hydroxyl groups excluding tert-OH is 2. The highest BCUT2D eigenvalue weighted by atomic mass is 16.5. The largest absolute Gasteiger partial charge is 0.466 e. The number of carbonyl (C=O) groups excluding carboxylic acids is 2. The van der Waals surface area contributed by atoms with Crippen LogP contribution in [0.3, 0.4) is 0 Å². The summed E-state index contributed by atoms with van der Waals surface area (Å²) < 4.78 is 5.48. The first kappa shape index (κ1) is 70.6. The Hall–Kier alpha value is -1.40. The number of amides is 1. The van der Waals surface area contributed by atoms with Gasteiger partial charge in [-0.15, -0.1) is 0 Å². The normalized spacial score (nSPS) is 12.6. The molecule has 2 unspecified atom stereocenters. The van der Waals surface area contributed by atoms with E-state index in [1.807, 2.05) is 0 Å². The number of aliphatic hydroxyl groups is 2. The van der Waals surface area contributed by atoms with Crippen LogP contribution in [0.2, 0.25) is 0 Å². The van der Waals surface area contributed by atoms with Gasteiger partial charge in [0.25, 0.3) is 0 Å². The minimum atomic E-state index is -0.669. The minimum absolute atomic E-state index is 0.00123. The first-order valence-corrected chi connectivity index (χ1v) is 32.9. The lowest BCUT2D eigenvalue weighted by Crippen LogP contribution is -2.45. The molecule has 0 aromatic rings. The van der Waals surface area contributed by atoms with Gasteiger partial charge in [-0.25, -0.2) is 0 Å². The predicted molar refractivity (Wildman–Crippen MR) is 315 cm³/mol. The first-order valence-electron chi connectivity index (χ1n) is 32.9. The van der Waals surface area contributed by atoms with Crippen molar-refractivity contribution in [1.82, 2.24) is 5.32 Å². The molecular formula is C66H129NO5. The second kappa shape index (κ2) is 62.1. The van der Waals surface area contributed by atoms with Crippen molar-refractivity contribution in [2.75, 3.05) is 13.2 Å². The fourth-order valence-electron chi connectivity index (χ4n) is 10.5. The highest BCUT2D eigenvalue weighted by Gasteiger charge is 2.20. The van der Waals surface area contributed by atoms with Gasteiger partial charge < -0.3 is 20.3 Å². The van der Waals surface area contributed by atoms with Crippen LogP contribution in [0, 0.1) is 0 Å². The summed E-state index contributed by atoms with van der Waals surface area (Å²) in [4.78, 5) is 24.6. The molecule has 0 saturated carbocycles. The maximum Gasteiger partial charge on any atom is 0.305 e. The molecule has 3 N–H and O–H groups in total. The van der Waals surface area contributed by atoms with Crippen LogP contribution in [-0.4, -0.2) is 47.4 Å². The van der Waals surface area contributed by atoms with E-state index in [1.54, 1.807) is 0 Å². The SMILES string of the molecule is CCCCCCCC/C=C\CCCCCCCC(=O)OCCCCCCCCCCCCCCCCCCCC(=O)NC(CO)C(O)CCCCCCCCCCCCCCCCCCCCCCCCC. The van der Waals surface area contributed by atoms with Crippen molar-refractivity contribution in [3.05, 3.63) is 12.2 Å². The zero-order valence-electron chi connectivity index (χ0n) is 48.9. The van der Waals surface area contributed by atoms with Crippen molar-refractivity contribution in [2.24, 2.45) is 0 Å². The van der Waals surface area contributed by atoms with Crippen LogP contribution in [0.4, 0.5) is 0 Å². The highest BCUT2D eigenvalue weighted by Crippen LogP contribution is 2.19. The van der Waals surface area contributed by atoms with Crippen LogP contribution in [0.1, 0.15) is 373 Å². The van der Waals surface area contributed by atoms with Crippen LogP contribution < -0.4 is 5.32 Å². The van der Waals surface area contributed by atoms with Gasteiger partial charge in [0.1, 0.15) is 0 Å². The monoisotopic (exact) mass is 1020 g/mol. The van der Waals surface area contributed by atoms with Gasteiger partial charge in [-0.1, -0.05) is 321 Å². The van der Waals surface area contributed by atoms with E-state index < -0.39 is 12.1 Å². The summed E-state index contributed by atoms with van der Waals surface area (Å²) in [5.41, 5.74) is 0. The lowest BCUT2D eigenvalue weighted by molar-refractivity contribution is -0.143. The Kier molecular flexibility index (Phi) is 60.9. The maximum atomic E-state index is 12.5. The molecule has 0 heterocycles. The van der Waals surface area contributed by atoms with E-state index >= 15 is 0 Å². The van der Waals surface area contributed by atoms with E-state index in [1.165, 1.54) is 295 Å². The maximum absolute atomic E-state index is 12.5. The fourth-order valence-corrected chi connectivity index (χ4v) is 10.5. The number of ether oxygens (including phenoxy) is 1. The first-order chi connectivity index (χ1) is 35.5. The third-order valence-corrected chi connectivity index (χ3v) is 15.6. The third-order valence-electron chi connectivity index (χ3n) is 15.6. The number of carbonyl (C=O) groups is 2. The van der Waals surface area contributed by atoms with Crippen molar-refractivity contribution < 1.29 is 24.5 Å². The molecule has 0 rings (SSSR count). The average molecular weight is 1020 g/mol. The van der Waals surface area contributed by atoms with Gasteiger partial charge in [0.05, 0.1) is 25.4 Å². The zero-order valence-corrected chi connectivity index (χ0v) is 48.9. The van der Waals surface area contributed by atoms with Crippen LogP contribution >= 0.6 is 0 Å². The summed E-state index contributed by atoms with van der Waals surface area (Å²) in [7, 11) is 0. The van der Waals surface area contributed by atoms with Gasteiger partial charge in [0, 0.05) is 12.8 Å². The van der Waals surface area contributed by atoms with Crippen molar-refractivity contribution in [3.8, 4) is 0 Å².